The Labute approximate surface area is 243 Å². The van der Waals surface area contributed by atoms with Gasteiger partial charge in [0.2, 0.25) is 0 Å². The number of nitrogens with zero attached hydrogens (tertiary/aromatic N) is 1. The minimum Gasteiger partial charge on any atom is -0.459 e. The maximum atomic E-state index is 13.2. The van der Waals surface area contributed by atoms with Gasteiger partial charge in [-0.05, 0) is 36.4 Å². The van der Waals surface area contributed by atoms with E-state index in [9.17, 15) is 24.0 Å². The number of rotatable bonds is 8. The monoisotopic (exact) mass is 586 g/mol. The number of nitrogen functional groups attached to an aromatic ring is 2. The standard InChI is InChI=1S/C30H26N4O9/c31-21-24(32)33-30(39)34(25(21)35)26-23(43-29(38)19-14-8-3-9-15-19)22(42-28(37)18-12-6-2-7-13-18)20(41-26)16-40-27(36)17-10-4-1-5-11-17/h1-15,20,22-23,26H,16,31-32H2,(H,33,39)/t20-,22-,23-,26-/m1/s1. The maximum Gasteiger partial charge on any atom is 0.338 e. The first-order valence-electron chi connectivity index (χ1n) is 13.0. The second-order valence-electron chi connectivity index (χ2n) is 9.43. The van der Waals surface area contributed by atoms with Crippen molar-refractivity contribution < 1.29 is 33.3 Å². The number of benzene rings is 3. The molecule has 0 saturated carbocycles. The van der Waals surface area contributed by atoms with Gasteiger partial charge in [0.05, 0.1) is 16.7 Å². The van der Waals surface area contributed by atoms with E-state index in [1.165, 1.54) is 36.4 Å². The third-order valence-electron chi connectivity index (χ3n) is 6.63. The van der Waals surface area contributed by atoms with E-state index in [4.69, 9.17) is 30.4 Å². The molecule has 3 aromatic carbocycles. The summed E-state index contributed by atoms with van der Waals surface area (Å²) in [7, 11) is 0. The molecule has 13 nitrogen and oxygen atoms in total. The van der Waals surface area contributed by atoms with E-state index in [1.807, 2.05) is 0 Å². The van der Waals surface area contributed by atoms with Crippen LogP contribution in [0, 0.1) is 0 Å². The zero-order valence-corrected chi connectivity index (χ0v) is 22.5. The largest absolute Gasteiger partial charge is 0.459 e. The van der Waals surface area contributed by atoms with Crippen molar-refractivity contribution in [2.45, 2.75) is 24.5 Å². The maximum absolute atomic E-state index is 13.2. The molecule has 1 aliphatic rings. The van der Waals surface area contributed by atoms with Crippen LogP contribution in [0.25, 0.3) is 0 Å². The Morgan fingerprint density at radius 2 is 1.19 bits per heavy atom. The molecule has 13 heteroatoms. The Balaban J connectivity index is 1.55. The highest BCUT2D eigenvalue weighted by atomic mass is 16.7. The number of aromatic nitrogens is 2. The number of H-pyrrole nitrogens is 1. The van der Waals surface area contributed by atoms with Crippen LogP contribution in [0.3, 0.4) is 0 Å². The van der Waals surface area contributed by atoms with Crippen LogP contribution in [0.1, 0.15) is 37.3 Å². The number of carbonyl (C=O) groups excluding carboxylic acids is 3. The highest BCUT2D eigenvalue weighted by Gasteiger charge is 2.52. The summed E-state index contributed by atoms with van der Waals surface area (Å²) in [6.45, 7) is -0.506. The Kier molecular flexibility index (Phi) is 8.34. The molecule has 0 radical (unpaired) electrons. The van der Waals surface area contributed by atoms with Crippen molar-refractivity contribution in [2.24, 2.45) is 0 Å². The van der Waals surface area contributed by atoms with Crippen molar-refractivity contribution in [3.8, 4) is 0 Å². The van der Waals surface area contributed by atoms with Gasteiger partial charge in [0.15, 0.2) is 18.4 Å². The topological polar surface area (TPSA) is 195 Å². The Morgan fingerprint density at radius 1 is 0.721 bits per heavy atom. The Bertz CT molecular complexity index is 1740. The van der Waals surface area contributed by atoms with Crippen LogP contribution >= 0.6 is 0 Å². The number of anilines is 2. The van der Waals surface area contributed by atoms with Gasteiger partial charge in [0.1, 0.15) is 24.2 Å². The van der Waals surface area contributed by atoms with Crippen molar-refractivity contribution >= 4 is 29.4 Å². The minimum absolute atomic E-state index is 0.131. The van der Waals surface area contributed by atoms with Crippen LogP contribution in [0.4, 0.5) is 11.5 Å². The van der Waals surface area contributed by atoms with E-state index < -0.39 is 66.0 Å². The summed E-state index contributed by atoms with van der Waals surface area (Å²) in [4.78, 5) is 67.5. The predicted octanol–water partition coefficient (Wildman–Crippen LogP) is 1.91. The van der Waals surface area contributed by atoms with Crippen molar-refractivity contribution in [3.63, 3.8) is 0 Å². The minimum atomic E-state index is -1.67. The van der Waals surface area contributed by atoms with Gasteiger partial charge in [0, 0.05) is 0 Å². The number of ether oxygens (including phenoxy) is 4. The van der Waals surface area contributed by atoms with E-state index in [2.05, 4.69) is 4.98 Å². The molecule has 1 aliphatic heterocycles. The molecular weight excluding hydrogens is 560 g/mol. The Morgan fingerprint density at radius 3 is 1.70 bits per heavy atom. The van der Waals surface area contributed by atoms with Gasteiger partial charge in [-0.3, -0.25) is 9.78 Å². The van der Waals surface area contributed by atoms with E-state index >= 15 is 0 Å². The van der Waals surface area contributed by atoms with Crippen molar-refractivity contribution in [3.05, 3.63) is 129 Å². The number of aromatic amines is 1. The molecule has 1 saturated heterocycles. The summed E-state index contributed by atoms with van der Waals surface area (Å²) in [5.74, 6) is -2.78. The lowest BCUT2D eigenvalue weighted by molar-refractivity contribution is -0.0651. The lowest BCUT2D eigenvalue weighted by atomic mass is 10.1. The summed E-state index contributed by atoms with van der Waals surface area (Å²) >= 11 is 0. The number of hydrogen-bond acceptors (Lipinski definition) is 11. The molecule has 1 fully saturated rings. The first-order valence-corrected chi connectivity index (χ1v) is 13.0. The molecule has 1 aromatic heterocycles. The van der Waals surface area contributed by atoms with Crippen LogP contribution < -0.4 is 22.7 Å². The van der Waals surface area contributed by atoms with E-state index in [0.29, 0.717) is 4.57 Å². The van der Waals surface area contributed by atoms with Crippen molar-refractivity contribution in [1.82, 2.24) is 9.55 Å². The summed E-state index contributed by atoms with van der Waals surface area (Å²) < 4.78 is 23.5. The molecule has 0 spiro atoms. The third kappa shape index (κ3) is 6.16. The molecule has 0 amide bonds. The third-order valence-corrected chi connectivity index (χ3v) is 6.63. The van der Waals surface area contributed by atoms with Gasteiger partial charge < -0.3 is 30.4 Å². The van der Waals surface area contributed by atoms with Gasteiger partial charge in [-0.1, -0.05) is 54.6 Å². The average Bonchev–Trinajstić information content (AvgIpc) is 3.35. The van der Waals surface area contributed by atoms with Gasteiger partial charge in [-0.25, -0.2) is 23.7 Å². The number of esters is 3. The normalized spacial score (nSPS) is 19.3. The summed E-state index contributed by atoms with van der Waals surface area (Å²) in [5.41, 5.74) is 9.42. The van der Waals surface area contributed by atoms with Crippen molar-refractivity contribution in [2.75, 3.05) is 18.1 Å². The number of nitrogens with two attached hydrogens (primary N) is 2. The number of nitrogens with one attached hydrogen (secondary N) is 1. The smallest absolute Gasteiger partial charge is 0.338 e. The lowest BCUT2D eigenvalue weighted by Crippen LogP contribution is -2.46. The van der Waals surface area contributed by atoms with E-state index in [0.717, 1.165) is 0 Å². The van der Waals surface area contributed by atoms with Gasteiger partial charge in [-0.2, -0.15) is 0 Å². The van der Waals surface area contributed by atoms with Crippen molar-refractivity contribution in [1.29, 1.82) is 0 Å². The van der Waals surface area contributed by atoms with E-state index in [-0.39, 0.29) is 22.5 Å². The van der Waals surface area contributed by atoms with Gasteiger partial charge in [-0.15, -0.1) is 0 Å². The van der Waals surface area contributed by atoms with Crippen LogP contribution in [-0.4, -0.2) is 52.4 Å². The molecule has 43 heavy (non-hydrogen) atoms. The van der Waals surface area contributed by atoms with Crippen LogP contribution in [0.2, 0.25) is 0 Å². The summed E-state index contributed by atoms with van der Waals surface area (Å²) in [5, 5.41) is 0. The molecule has 4 aromatic rings. The summed E-state index contributed by atoms with van der Waals surface area (Å²) in [6, 6.07) is 23.9. The lowest BCUT2D eigenvalue weighted by Gasteiger charge is -2.25. The molecule has 4 atom stereocenters. The molecule has 0 bridgehead atoms. The molecule has 5 rings (SSSR count). The first kappa shape index (κ1) is 28.8. The van der Waals surface area contributed by atoms with Gasteiger partial charge >= 0.3 is 23.6 Å². The molecule has 220 valence electrons. The fourth-order valence-corrected chi connectivity index (χ4v) is 4.48. The highest BCUT2D eigenvalue weighted by molar-refractivity contribution is 5.91. The Hall–Kier alpha value is -5.69. The van der Waals surface area contributed by atoms with Crippen LogP contribution in [-0.2, 0) is 18.9 Å². The highest BCUT2D eigenvalue weighted by Crippen LogP contribution is 2.34. The van der Waals surface area contributed by atoms with E-state index in [1.54, 1.807) is 54.6 Å². The second kappa shape index (κ2) is 12.4. The molecule has 0 aliphatic carbocycles. The fourth-order valence-electron chi connectivity index (χ4n) is 4.48. The average molecular weight is 587 g/mol. The quantitative estimate of drug-likeness (QED) is 0.202. The second-order valence-corrected chi connectivity index (χ2v) is 9.43. The van der Waals surface area contributed by atoms with Crippen LogP contribution in [0.5, 0.6) is 0 Å². The zero-order chi connectivity index (χ0) is 30.5. The van der Waals surface area contributed by atoms with Crippen LogP contribution in [0.15, 0.2) is 101 Å². The number of hydrogen-bond donors (Lipinski definition) is 3. The molecule has 5 N–H and O–H groups in total. The van der Waals surface area contributed by atoms with Gasteiger partial charge in [0.25, 0.3) is 5.56 Å². The molecular formula is C30H26N4O9. The fraction of sp³-hybridized carbons (Fsp3) is 0.167. The molecule has 0 unspecified atom stereocenters. The predicted molar refractivity (Wildman–Crippen MR) is 152 cm³/mol. The number of carbonyl (C=O) groups is 3. The SMILES string of the molecule is Nc1[nH]c(=O)n([C@@H]2O[C@H](COC(=O)c3ccccc3)[C@@H](OC(=O)c3ccccc3)[C@H]2OC(=O)c2ccccc2)c(=O)c1N. The summed E-state index contributed by atoms with van der Waals surface area (Å²) in [6.07, 6.45) is -6.01. The molecule has 2 heterocycles. The first-order chi connectivity index (χ1) is 20.7. The zero-order valence-electron chi connectivity index (χ0n) is 22.5.